The van der Waals surface area contributed by atoms with E-state index in [0.29, 0.717) is 18.3 Å². The Morgan fingerprint density at radius 1 is 1.42 bits per heavy atom. The van der Waals surface area contributed by atoms with Gasteiger partial charge in [0.2, 0.25) is 0 Å². The monoisotopic (exact) mass is 264 g/mol. The Morgan fingerprint density at radius 2 is 2.16 bits per heavy atom. The van der Waals surface area contributed by atoms with Crippen LogP contribution in [0.3, 0.4) is 0 Å². The van der Waals surface area contributed by atoms with Crippen molar-refractivity contribution < 1.29 is 14.6 Å². The summed E-state index contributed by atoms with van der Waals surface area (Å²) in [5.41, 5.74) is 0.665. The molecule has 0 saturated carbocycles. The van der Waals surface area contributed by atoms with Gasteiger partial charge in [-0.15, -0.1) is 0 Å². The van der Waals surface area contributed by atoms with Crippen molar-refractivity contribution in [3.63, 3.8) is 0 Å². The highest BCUT2D eigenvalue weighted by Gasteiger charge is 2.51. The summed E-state index contributed by atoms with van der Waals surface area (Å²) in [6, 6.07) is 0. The maximum atomic E-state index is 12.5. The van der Waals surface area contributed by atoms with Gasteiger partial charge in [-0.2, -0.15) is 0 Å². The van der Waals surface area contributed by atoms with E-state index in [1.165, 1.54) is 7.11 Å². The summed E-state index contributed by atoms with van der Waals surface area (Å²) in [5, 5.41) is 0. The van der Waals surface area contributed by atoms with Gasteiger partial charge in [0.1, 0.15) is 0 Å². The van der Waals surface area contributed by atoms with E-state index in [2.05, 4.69) is 37.0 Å². The number of hydrogen-bond acceptors (Lipinski definition) is 3. The number of ketones is 1. The highest BCUT2D eigenvalue weighted by atomic mass is 17.2. The van der Waals surface area contributed by atoms with Crippen molar-refractivity contribution in [2.75, 3.05) is 13.7 Å². The molecular weight excluding hydrogens is 240 g/mol. The predicted molar refractivity (Wildman–Crippen MR) is 74.4 cm³/mol. The molecule has 0 aromatic heterocycles. The number of carbonyl (C=O) groups excluding carboxylic acids is 1. The molecule has 0 aromatic carbocycles. The van der Waals surface area contributed by atoms with E-state index in [4.69, 9.17) is 4.89 Å². The average Bonchev–Trinajstić information content (AvgIpc) is 2.36. The second-order valence-electron chi connectivity index (χ2n) is 6.27. The molecule has 3 nitrogen and oxygen atoms in total. The lowest BCUT2D eigenvalue weighted by Crippen LogP contribution is -2.48. The van der Waals surface area contributed by atoms with E-state index in [9.17, 15) is 4.79 Å². The lowest BCUT2D eigenvalue weighted by Gasteiger charge is -2.50. The van der Waals surface area contributed by atoms with Gasteiger partial charge >= 0.3 is 0 Å². The number of allylic oxidation sites excluding steroid dienone is 4. The summed E-state index contributed by atoms with van der Waals surface area (Å²) in [4.78, 5) is 22.2. The van der Waals surface area contributed by atoms with Crippen LogP contribution in [-0.4, -0.2) is 19.5 Å². The van der Waals surface area contributed by atoms with E-state index in [0.717, 1.165) is 24.8 Å². The molecular formula is C16H24O3. The maximum Gasteiger partial charge on any atom is 0.164 e. The first-order valence-corrected chi connectivity index (χ1v) is 6.99. The van der Waals surface area contributed by atoms with Crippen molar-refractivity contribution in [1.82, 2.24) is 0 Å². The first-order chi connectivity index (χ1) is 8.94. The van der Waals surface area contributed by atoms with Crippen LogP contribution in [0.15, 0.2) is 23.8 Å². The number of Topliss-reactive ketones (excluding diaryl/α,β-unsaturated/α-hetero) is 1. The molecule has 3 atom stereocenters. The molecule has 0 saturated heterocycles. The first kappa shape index (κ1) is 14.5. The molecule has 0 bridgehead atoms. The van der Waals surface area contributed by atoms with Gasteiger partial charge < -0.3 is 0 Å². The summed E-state index contributed by atoms with van der Waals surface area (Å²) in [6.07, 6.45) is 9.23. The van der Waals surface area contributed by atoms with Gasteiger partial charge in [0.25, 0.3) is 0 Å². The Kier molecular flexibility index (Phi) is 3.98. The Bertz CT molecular complexity index is 424. The summed E-state index contributed by atoms with van der Waals surface area (Å²) >= 11 is 0. The van der Waals surface area contributed by atoms with E-state index in [1.807, 2.05) is 6.92 Å². The molecule has 0 heterocycles. The molecule has 0 aromatic rings. The molecule has 0 fully saturated rings. The standard InChI is InChI=1S/C16H24O3/c1-12-6-7-13-15(2,10-11-19-18-4)8-5-9-16(13,3)14(12)17/h5-6,8,13H,7,9-11H2,1-4H3. The van der Waals surface area contributed by atoms with Crippen molar-refractivity contribution in [3.8, 4) is 0 Å². The molecule has 0 amide bonds. The fraction of sp³-hybridized carbons (Fsp3) is 0.688. The van der Waals surface area contributed by atoms with Crippen LogP contribution >= 0.6 is 0 Å². The number of hydrogen-bond donors (Lipinski definition) is 0. The normalized spacial score (nSPS) is 38.0. The lowest BCUT2D eigenvalue weighted by atomic mass is 9.53. The van der Waals surface area contributed by atoms with Gasteiger partial charge in [-0.25, -0.2) is 9.78 Å². The average molecular weight is 264 g/mol. The van der Waals surface area contributed by atoms with Crippen molar-refractivity contribution in [3.05, 3.63) is 23.8 Å². The van der Waals surface area contributed by atoms with E-state index >= 15 is 0 Å². The van der Waals surface area contributed by atoms with E-state index < -0.39 is 0 Å². The smallest absolute Gasteiger partial charge is 0.164 e. The molecule has 0 radical (unpaired) electrons. The molecule has 3 unspecified atom stereocenters. The molecule has 2 rings (SSSR count). The molecule has 19 heavy (non-hydrogen) atoms. The van der Waals surface area contributed by atoms with Crippen LogP contribution in [0.5, 0.6) is 0 Å². The van der Waals surface area contributed by atoms with E-state index in [-0.39, 0.29) is 10.8 Å². The molecule has 106 valence electrons. The minimum Gasteiger partial charge on any atom is -0.294 e. The van der Waals surface area contributed by atoms with Crippen LogP contribution < -0.4 is 0 Å². The van der Waals surface area contributed by atoms with Crippen molar-refractivity contribution >= 4 is 5.78 Å². The maximum absolute atomic E-state index is 12.5. The Hall–Kier alpha value is -0.930. The van der Waals surface area contributed by atoms with Gasteiger partial charge in [-0.05, 0) is 43.1 Å². The minimum absolute atomic E-state index is 0.00160. The second kappa shape index (κ2) is 5.22. The number of fused-ring (bicyclic) bond motifs is 1. The lowest BCUT2D eigenvalue weighted by molar-refractivity contribution is -0.276. The molecule has 3 heteroatoms. The fourth-order valence-electron chi connectivity index (χ4n) is 3.78. The van der Waals surface area contributed by atoms with Crippen LogP contribution in [0.25, 0.3) is 0 Å². The van der Waals surface area contributed by atoms with Crippen molar-refractivity contribution in [1.29, 1.82) is 0 Å². The van der Waals surface area contributed by atoms with Gasteiger partial charge in [0.15, 0.2) is 5.78 Å². The highest BCUT2D eigenvalue weighted by molar-refractivity contribution is 6.00. The van der Waals surface area contributed by atoms with Gasteiger partial charge in [-0.1, -0.05) is 32.1 Å². The molecule has 0 aliphatic heterocycles. The fourth-order valence-corrected chi connectivity index (χ4v) is 3.78. The zero-order chi connectivity index (χ0) is 14.1. The molecule has 2 aliphatic rings. The third-order valence-corrected chi connectivity index (χ3v) is 4.98. The second-order valence-corrected chi connectivity index (χ2v) is 6.27. The zero-order valence-corrected chi connectivity index (χ0v) is 12.4. The van der Waals surface area contributed by atoms with E-state index in [1.54, 1.807) is 0 Å². The van der Waals surface area contributed by atoms with Crippen LogP contribution in [0.4, 0.5) is 0 Å². The Labute approximate surface area is 115 Å². The molecule has 0 N–H and O–H groups in total. The van der Waals surface area contributed by atoms with Gasteiger partial charge in [0.05, 0.1) is 13.7 Å². The molecule has 0 spiro atoms. The summed E-state index contributed by atoms with van der Waals surface area (Å²) < 4.78 is 0. The highest BCUT2D eigenvalue weighted by Crippen LogP contribution is 2.54. The number of rotatable bonds is 4. The summed E-state index contributed by atoms with van der Waals surface area (Å²) in [7, 11) is 1.53. The van der Waals surface area contributed by atoms with Gasteiger partial charge in [0, 0.05) is 5.41 Å². The summed E-state index contributed by atoms with van der Waals surface area (Å²) in [6.45, 7) is 6.84. The summed E-state index contributed by atoms with van der Waals surface area (Å²) in [5.74, 6) is 0.661. The van der Waals surface area contributed by atoms with Crippen LogP contribution in [0.2, 0.25) is 0 Å². The predicted octanol–water partition coefficient (Wildman–Crippen LogP) is 3.46. The Morgan fingerprint density at radius 3 is 2.84 bits per heavy atom. The van der Waals surface area contributed by atoms with Gasteiger partial charge in [-0.3, -0.25) is 4.79 Å². The Balaban J connectivity index is 2.26. The third kappa shape index (κ3) is 2.41. The third-order valence-electron chi connectivity index (χ3n) is 4.98. The molecule has 2 aliphatic carbocycles. The van der Waals surface area contributed by atoms with Crippen molar-refractivity contribution in [2.24, 2.45) is 16.7 Å². The van der Waals surface area contributed by atoms with Crippen LogP contribution in [0, 0.1) is 16.7 Å². The SMILES string of the molecule is COOCCC1(C)C=CCC2(C)C(=O)C(C)=CCC12. The minimum atomic E-state index is -0.255. The first-order valence-electron chi connectivity index (χ1n) is 6.99. The van der Waals surface area contributed by atoms with Crippen LogP contribution in [0.1, 0.15) is 40.0 Å². The van der Waals surface area contributed by atoms with Crippen molar-refractivity contribution in [2.45, 2.75) is 40.0 Å². The number of carbonyl (C=O) groups is 1. The largest absolute Gasteiger partial charge is 0.294 e. The topological polar surface area (TPSA) is 35.5 Å². The zero-order valence-electron chi connectivity index (χ0n) is 12.4. The van der Waals surface area contributed by atoms with Crippen LogP contribution in [-0.2, 0) is 14.6 Å². The quantitative estimate of drug-likeness (QED) is 0.337.